The van der Waals surface area contributed by atoms with E-state index in [0.29, 0.717) is 5.92 Å². The van der Waals surface area contributed by atoms with Gasteiger partial charge >= 0.3 is 5.00 Å². The summed E-state index contributed by atoms with van der Waals surface area (Å²) in [6.45, 7) is 0. The molecule has 4 nitrogen and oxygen atoms in total. The molecule has 5 heteroatoms. The summed E-state index contributed by atoms with van der Waals surface area (Å²) in [5.74, 6) is 0.554. The summed E-state index contributed by atoms with van der Waals surface area (Å²) in [6.07, 6.45) is 2.32. The topological polar surface area (TPSA) is 69.2 Å². The smallest absolute Gasteiger partial charge is 0.323 e. The van der Waals surface area contributed by atoms with Gasteiger partial charge in [0.05, 0.1) is 4.92 Å². The number of hydrogen-bond acceptors (Lipinski definition) is 4. The summed E-state index contributed by atoms with van der Waals surface area (Å²) >= 11 is 1.19. The van der Waals surface area contributed by atoms with E-state index in [1.54, 1.807) is 6.07 Å². The summed E-state index contributed by atoms with van der Waals surface area (Å²) < 4.78 is 0. The second-order valence-electron chi connectivity index (χ2n) is 3.30. The van der Waals surface area contributed by atoms with Gasteiger partial charge in [-0.05, 0) is 24.8 Å². The van der Waals surface area contributed by atoms with Crippen LogP contribution in [0.4, 0.5) is 5.00 Å². The van der Waals surface area contributed by atoms with Crippen molar-refractivity contribution in [2.45, 2.75) is 18.9 Å². The van der Waals surface area contributed by atoms with Crippen molar-refractivity contribution in [2.24, 2.45) is 11.7 Å². The lowest BCUT2D eigenvalue weighted by atomic mass is 10.2. The van der Waals surface area contributed by atoms with Gasteiger partial charge in [-0.25, -0.2) is 0 Å². The molecule has 1 aliphatic carbocycles. The van der Waals surface area contributed by atoms with Crippen LogP contribution in [0.1, 0.15) is 23.8 Å². The lowest BCUT2D eigenvalue weighted by molar-refractivity contribution is -0.380. The van der Waals surface area contributed by atoms with Crippen LogP contribution in [0.25, 0.3) is 0 Å². The predicted octanol–water partition coefficient (Wildman–Crippen LogP) is 2.07. The Bertz CT molecular complexity index is 333. The van der Waals surface area contributed by atoms with Gasteiger partial charge in [0.15, 0.2) is 0 Å². The Morgan fingerprint density at radius 2 is 2.31 bits per heavy atom. The van der Waals surface area contributed by atoms with Gasteiger partial charge < -0.3 is 5.73 Å². The summed E-state index contributed by atoms with van der Waals surface area (Å²) in [4.78, 5) is 11.0. The normalized spacial score (nSPS) is 18.5. The first kappa shape index (κ1) is 8.65. The van der Waals surface area contributed by atoms with Crippen LogP contribution < -0.4 is 5.73 Å². The largest absolute Gasteiger partial charge is 0.324 e. The minimum absolute atomic E-state index is 0.0127. The van der Waals surface area contributed by atoms with Gasteiger partial charge in [-0.1, -0.05) is 11.3 Å². The second-order valence-corrected chi connectivity index (χ2v) is 4.39. The molecule has 1 unspecified atom stereocenters. The Kier molecular flexibility index (Phi) is 2.05. The van der Waals surface area contributed by atoms with E-state index in [9.17, 15) is 10.1 Å². The third-order valence-electron chi connectivity index (χ3n) is 2.25. The molecular weight excluding hydrogens is 188 g/mol. The highest BCUT2D eigenvalue weighted by Crippen LogP contribution is 2.42. The molecule has 0 saturated heterocycles. The second kappa shape index (κ2) is 3.08. The molecule has 2 N–H and O–H groups in total. The highest BCUT2D eigenvalue weighted by atomic mass is 32.1. The molecule has 0 aliphatic heterocycles. The fourth-order valence-corrected chi connectivity index (χ4v) is 2.22. The molecule has 0 amide bonds. The molecule has 13 heavy (non-hydrogen) atoms. The van der Waals surface area contributed by atoms with Gasteiger partial charge in [-0.15, -0.1) is 0 Å². The van der Waals surface area contributed by atoms with Gasteiger partial charge in [0.2, 0.25) is 0 Å². The van der Waals surface area contributed by atoms with Crippen molar-refractivity contribution in [1.82, 2.24) is 0 Å². The number of nitrogens with two attached hydrogens (primary N) is 1. The van der Waals surface area contributed by atoms with Gasteiger partial charge in [0, 0.05) is 17.0 Å². The zero-order chi connectivity index (χ0) is 9.42. The Morgan fingerprint density at radius 3 is 2.77 bits per heavy atom. The van der Waals surface area contributed by atoms with Crippen molar-refractivity contribution in [3.63, 3.8) is 0 Å². The van der Waals surface area contributed by atoms with Crippen LogP contribution in [0, 0.1) is 16.0 Å². The van der Waals surface area contributed by atoms with Crippen LogP contribution in [0.2, 0.25) is 0 Å². The van der Waals surface area contributed by atoms with Crippen LogP contribution in [0.15, 0.2) is 12.1 Å². The maximum Gasteiger partial charge on any atom is 0.324 e. The van der Waals surface area contributed by atoms with Crippen LogP contribution in [0.3, 0.4) is 0 Å². The molecule has 1 aliphatic rings. The van der Waals surface area contributed by atoms with Crippen LogP contribution in [-0.4, -0.2) is 4.92 Å². The molecule has 1 saturated carbocycles. The molecule has 0 spiro atoms. The monoisotopic (exact) mass is 198 g/mol. The van der Waals surface area contributed by atoms with Gasteiger partial charge in [-0.3, -0.25) is 10.1 Å². The third kappa shape index (κ3) is 1.71. The van der Waals surface area contributed by atoms with Crippen LogP contribution in [0.5, 0.6) is 0 Å². The molecule has 1 aromatic heterocycles. The molecule has 2 rings (SSSR count). The molecule has 0 bridgehead atoms. The van der Waals surface area contributed by atoms with Gasteiger partial charge in [-0.2, -0.15) is 0 Å². The summed E-state index contributed by atoms with van der Waals surface area (Å²) in [5, 5.41) is 10.6. The molecule has 1 aromatic rings. The van der Waals surface area contributed by atoms with Gasteiger partial charge in [0.1, 0.15) is 0 Å². The Balaban J connectivity index is 2.16. The van der Waals surface area contributed by atoms with Crippen LogP contribution >= 0.6 is 11.3 Å². The molecule has 1 atom stereocenters. The van der Waals surface area contributed by atoms with E-state index in [1.165, 1.54) is 17.4 Å². The van der Waals surface area contributed by atoms with Crippen molar-refractivity contribution < 1.29 is 4.92 Å². The first-order valence-electron chi connectivity index (χ1n) is 4.18. The molecule has 0 radical (unpaired) electrons. The van der Waals surface area contributed by atoms with E-state index >= 15 is 0 Å². The van der Waals surface area contributed by atoms with E-state index < -0.39 is 0 Å². The zero-order valence-electron chi connectivity index (χ0n) is 6.97. The van der Waals surface area contributed by atoms with E-state index in [0.717, 1.165) is 17.7 Å². The Morgan fingerprint density at radius 1 is 1.62 bits per heavy atom. The lowest BCUT2D eigenvalue weighted by Gasteiger charge is -2.04. The molecular formula is C8H10N2O2S. The predicted molar refractivity (Wildman–Crippen MR) is 50.6 cm³/mol. The molecule has 0 aromatic carbocycles. The molecule has 70 valence electrons. The summed E-state index contributed by atoms with van der Waals surface area (Å²) in [7, 11) is 0. The SMILES string of the molecule is NC(c1ccc([N+](=O)[O-])s1)C1CC1. The minimum Gasteiger partial charge on any atom is -0.323 e. The Hall–Kier alpha value is -0.940. The number of rotatable bonds is 3. The van der Waals surface area contributed by atoms with Crippen LogP contribution in [-0.2, 0) is 0 Å². The lowest BCUT2D eigenvalue weighted by Crippen LogP contribution is -2.10. The molecule has 1 heterocycles. The summed E-state index contributed by atoms with van der Waals surface area (Å²) in [5.41, 5.74) is 5.90. The van der Waals surface area contributed by atoms with Crippen molar-refractivity contribution in [3.8, 4) is 0 Å². The third-order valence-corrected chi connectivity index (χ3v) is 3.39. The number of nitro groups is 1. The quantitative estimate of drug-likeness (QED) is 0.597. The highest BCUT2D eigenvalue weighted by Gasteiger charge is 2.31. The standard InChI is InChI=1S/C8H10N2O2S/c9-8(5-1-2-5)6-3-4-7(13-6)10(11)12/h3-5,8H,1-2,9H2. The first-order chi connectivity index (χ1) is 6.18. The first-order valence-corrected chi connectivity index (χ1v) is 5.00. The number of nitrogens with zero attached hydrogens (tertiary/aromatic N) is 1. The van der Waals surface area contributed by atoms with E-state index in [-0.39, 0.29) is 16.0 Å². The average Bonchev–Trinajstić information content (AvgIpc) is 2.81. The van der Waals surface area contributed by atoms with E-state index in [4.69, 9.17) is 5.73 Å². The zero-order valence-corrected chi connectivity index (χ0v) is 7.79. The van der Waals surface area contributed by atoms with E-state index in [2.05, 4.69) is 0 Å². The molecule has 1 fully saturated rings. The van der Waals surface area contributed by atoms with Crippen molar-refractivity contribution in [3.05, 3.63) is 27.1 Å². The highest BCUT2D eigenvalue weighted by molar-refractivity contribution is 7.15. The van der Waals surface area contributed by atoms with E-state index in [1.807, 2.05) is 0 Å². The minimum atomic E-state index is -0.367. The van der Waals surface area contributed by atoms with Crippen molar-refractivity contribution in [1.29, 1.82) is 0 Å². The maximum atomic E-state index is 10.4. The average molecular weight is 198 g/mol. The van der Waals surface area contributed by atoms with Crippen molar-refractivity contribution in [2.75, 3.05) is 0 Å². The summed E-state index contributed by atoms with van der Waals surface area (Å²) in [6, 6.07) is 3.31. The van der Waals surface area contributed by atoms with Crippen molar-refractivity contribution >= 4 is 16.3 Å². The number of thiophene rings is 1. The number of hydrogen-bond donors (Lipinski definition) is 1. The van der Waals surface area contributed by atoms with Gasteiger partial charge in [0.25, 0.3) is 0 Å². The fraction of sp³-hybridized carbons (Fsp3) is 0.500. The fourth-order valence-electron chi connectivity index (χ4n) is 1.31. The Labute approximate surface area is 79.5 Å². The maximum absolute atomic E-state index is 10.4.